The minimum absolute atomic E-state index is 0.597. The Balaban J connectivity index is 2.44. The maximum absolute atomic E-state index is 5.43. The summed E-state index contributed by atoms with van der Waals surface area (Å²) in [6.07, 6.45) is 1.16. The van der Waals surface area contributed by atoms with E-state index < -0.39 is 0 Å². The van der Waals surface area contributed by atoms with E-state index in [1.807, 2.05) is 18.2 Å². The molecule has 18 heavy (non-hydrogen) atoms. The summed E-state index contributed by atoms with van der Waals surface area (Å²) in [5, 5.41) is 0. The summed E-state index contributed by atoms with van der Waals surface area (Å²) in [5.41, 5.74) is 3.77. The zero-order chi connectivity index (χ0) is 13.0. The van der Waals surface area contributed by atoms with Crippen molar-refractivity contribution in [3.8, 4) is 16.9 Å². The standard InChI is InChI=1S/C17H20O/c1-4-13(2)14-8-7-9-15(12-14)16-10-5-6-11-17(16)18-3/h5-13H,4H2,1-3H3. The Kier molecular flexibility index (Phi) is 4.03. The summed E-state index contributed by atoms with van der Waals surface area (Å²) in [5.74, 6) is 1.53. The van der Waals surface area contributed by atoms with E-state index in [1.165, 1.54) is 11.1 Å². The van der Waals surface area contributed by atoms with E-state index in [1.54, 1.807) is 7.11 Å². The molecule has 94 valence electrons. The van der Waals surface area contributed by atoms with Gasteiger partial charge < -0.3 is 4.74 Å². The summed E-state index contributed by atoms with van der Waals surface area (Å²) in [6, 6.07) is 16.9. The highest BCUT2D eigenvalue weighted by Gasteiger charge is 2.07. The van der Waals surface area contributed by atoms with Crippen molar-refractivity contribution in [2.45, 2.75) is 26.2 Å². The molecule has 2 rings (SSSR count). The van der Waals surface area contributed by atoms with E-state index in [0.717, 1.165) is 17.7 Å². The van der Waals surface area contributed by atoms with Crippen molar-refractivity contribution in [1.29, 1.82) is 0 Å². The third-order valence-electron chi connectivity index (χ3n) is 3.49. The first kappa shape index (κ1) is 12.7. The molecule has 0 amide bonds. The Bertz CT molecular complexity index is 517. The van der Waals surface area contributed by atoms with Crippen molar-refractivity contribution in [1.82, 2.24) is 0 Å². The normalized spacial score (nSPS) is 12.2. The smallest absolute Gasteiger partial charge is 0.126 e. The zero-order valence-corrected chi connectivity index (χ0v) is 11.3. The Morgan fingerprint density at radius 1 is 1.06 bits per heavy atom. The van der Waals surface area contributed by atoms with E-state index in [9.17, 15) is 0 Å². The molecule has 2 aromatic rings. The van der Waals surface area contributed by atoms with Gasteiger partial charge in [0.1, 0.15) is 5.75 Å². The zero-order valence-electron chi connectivity index (χ0n) is 11.3. The van der Waals surface area contributed by atoms with Gasteiger partial charge in [0.05, 0.1) is 7.11 Å². The summed E-state index contributed by atoms with van der Waals surface area (Å²) >= 11 is 0. The number of para-hydroxylation sites is 1. The van der Waals surface area contributed by atoms with Crippen LogP contribution in [0.25, 0.3) is 11.1 Å². The van der Waals surface area contributed by atoms with Gasteiger partial charge in [-0.15, -0.1) is 0 Å². The summed E-state index contributed by atoms with van der Waals surface area (Å²) in [6.45, 7) is 4.49. The fourth-order valence-corrected chi connectivity index (χ4v) is 2.13. The molecule has 1 heteroatoms. The molecule has 0 saturated carbocycles. The van der Waals surface area contributed by atoms with Crippen molar-refractivity contribution >= 4 is 0 Å². The quantitative estimate of drug-likeness (QED) is 0.740. The summed E-state index contributed by atoms with van der Waals surface area (Å²) in [7, 11) is 1.72. The lowest BCUT2D eigenvalue weighted by atomic mass is 9.94. The Labute approximate surface area is 109 Å². The van der Waals surface area contributed by atoms with Crippen LogP contribution in [0, 0.1) is 0 Å². The topological polar surface area (TPSA) is 9.23 Å². The van der Waals surface area contributed by atoms with Gasteiger partial charge in [-0.05, 0) is 29.5 Å². The molecule has 0 fully saturated rings. The molecule has 1 nitrogen and oxygen atoms in total. The molecule has 0 radical (unpaired) electrons. The van der Waals surface area contributed by atoms with Gasteiger partial charge in [0.25, 0.3) is 0 Å². The first-order valence-electron chi connectivity index (χ1n) is 6.49. The summed E-state index contributed by atoms with van der Waals surface area (Å²) < 4.78 is 5.43. The Hall–Kier alpha value is -1.76. The molecule has 0 heterocycles. The van der Waals surface area contributed by atoms with E-state index in [2.05, 4.69) is 44.2 Å². The van der Waals surface area contributed by atoms with Crippen LogP contribution in [0.1, 0.15) is 31.7 Å². The second-order valence-electron chi connectivity index (χ2n) is 4.64. The van der Waals surface area contributed by atoms with Crippen LogP contribution in [0.15, 0.2) is 48.5 Å². The number of methoxy groups -OCH3 is 1. The third kappa shape index (κ3) is 2.56. The molecule has 0 spiro atoms. The monoisotopic (exact) mass is 240 g/mol. The average molecular weight is 240 g/mol. The molecule has 0 aliphatic rings. The van der Waals surface area contributed by atoms with Crippen LogP contribution in [0.5, 0.6) is 5.75 Å². The molecule has 1 atom stereocenters. The summed E-state index contributed by atoms with van der Waals surface area (Å²) in [4.78, 5) is 0. The molecule has 2 aromatic carbocycles. The molecular weight excluding hydrogens is 220 g/mol. The molecule has 0 N–H and O–H groups in total. The minimum Gasteiger partial charge on any atom is -0.496 e. The van der Waals surface area contributed by atoms with Crippen molar-refractivity contribution in [2.24, 2.45) is 0 Å². The molecule has 0 aliphatic carbocycles. The number of hydrogen-bond donors (Lipinski definition) is 0. The van der Waals surface area contributed by atoms with Crippen molar-refractivity contribution in [3.63, 3.8) is 0 Å². The maximum atomic E-state index is 5.43. The minimum atomic E-state index is 0.597. The fraction of sp³-hybridized carbons (Fsp3) is 0.294. The Morgan fingerprint density at radius 2 is 1.83 bits per heavy atom. The predicted molar refractivity (Wildman–Crippen MR) is 77.1 cm³/mol. The van der Waals surface area contributed by atoms with Crippen LogP contribution in [-0.2, 0) is 0 Å². The second kappa shape index (κ2) is 5.72. The number of benzene rings is 2. The molecule has 1 unspecified atom stereocenters. The number of hydrogen-bond acceptors (Lipinski definition) is 1. The lowest BCUT2D eigenvalue weighted by Crippen LogP contribution is -1.92. The first-order valence-corrected chi connectivity index (χ1v) is 6.49. The van der Waals surface area contributed by atoms with Gasteiger partial charge in [0.2, 0.25) is 0 Å². The van der Waals surface area contributed by atoms with Crippen LogP contribution in [0.2, 0.25) is 0 Å². The van der Waals surface area contributed by atoms with Crippen LogP contribution in [0.3, 0.4) is 0 Å². The van der Waals surface area contributed by atoms with E-state index >= 15 is 0 Å². The van der Waals surface area contributed by atoms with Crippen LogP contribution in [0.4, 0.5) is 0 Å². The highest BCUT2D eigenvalue weighted by molar-refractivity contribution is 5.70. The SMILES string of the molecule is CCC(C)c1cccc(-c2ccccc2OC)c1. The van der Waals surface area contributed by atoms with Crippen LogP contribution < -0.4 is 4.74 Å². The van der Waals surface area contributed by atoms with Gasteiger partial charge in [-0.3, -0.25) is 0 Å². The van der Waals surface area contributed by atoms with Crippen molar-refractivity contribution in [2.75, 3.05) is 7.11 Å². The molecular formula is C17H20O. The molecule has 0 bridgehead atoms. The third-order valence-corrected chi connectivity index (χ3v) is 3.49. The Morgan fingerprint density at radius 3 is 2.56 bits per heavy atom. The first-order chi connectivity index (χ1) is 8.76. The second-order valence-corrected chi connectivity index (χ2v) is 4.64. The van der Waals surface area contributed by atoms with Gasteiger partial charge >= 0.3 is 0 Å². The van der Waals surface area contributed by atoms with Crippen molar-refractivity contribution < 1.29 is 4.74 Å². The molecule has 0 saturated heterocycles. The average Bonchev–Trinajstić information content (AvgIpc) is 2.46. The van der Waals surface area contributed by atoms with Gasteiger partial charge in [-0.25, -0.2) is 0 Å². The number of rotatable bonds is 4. The number of ether oxygens (including phenoxy) is 1. The van der Waals surface area contributed by atoms with Gasteiger partial charge in [-0.1, -0.05) is 56.3 Å². The highest BCUT2D eigenvalue weighted by atomic mass is 16.5. The van der Waals surface area contributed by atoms with Gasteiger partial charge in [-0.2, -0.15) is 0 Å². The molecule has 0 aliphatic heterocycles. The van der Waals surface area contributed by atoms with Gasteiger partial charge in [0, 0.05) is 5.56 Å². The maximum Gasteiger partial charge on any atom is 0.126 e. The lowest BCUT2D eigenvalue weighted by molar-refractivity contribution is 0.416. The predicted octanol–water partition coefficient (Wildman–Crippen LogP) is 4.88. The van der Waals surface area contributed by atoms with Crippen molar-refractivity contribution in [3.05, 3.63) is 54.1 Å². The van der Waals surface area contributed by atoms with E-state index in [0.29, 0.717) is 5.92 Å². The lowest BCUT2D eigenvalue weighted by Gasteiger charge is -2.12. The fourth-order valence-electron chi connectivity index (χ4n) is 2.13. The van der Waals surface area contributed by atoms with Crippen LogP contribution >= 0.6 is 0 Å². The van der Waals surface area contributed by atoms with Gasteiger partial charge in [0.15, 0.2) is 0 Å². The van der Waals surface area contributed by atoms with E-state index in [-0.39, 0.29) is 0 Å². The van der Waals surface area contributed by atoms with E-state index in [4.69, 9.17) is 4.74 Å². The van der Waals surface area contributed by atoms with Crippen LogP contribution in [-0.4, -0.2) is 7.11 Å². The molecule has 0 aromatic heterocycles. The largest absolute Gasteiger partial charge is 0.496 e. The highest BCUT2D eigenvalue weighted by Crippen LogP contribution is 2.31.